The minimum Gasteiger partial charge on any atom is -0.508 e. The first-order chi connectivity index (χ1) is 16.3. The summed E-state index contributed by atoms with van der Waals surface area (Å²) in [7, 11) is 1.49. The Morgan fingerprint density at radius 1 is 0.912 bits per heavy atom. The molecule has 0 radical (unpaired) electrons. The Bertz CT molecular complexity index is 1480. The van der Waals surface area contributed by atoms with Gasteiger partial charge in [-0.1, -0.05) is 6.07 Å². The molecule has 0 aliphatic heterocycles. The number of rotatable bonds is 5. The van der Waals surface area contributed by atoms with E-state index in [4.69, 9.17) is 13.9 Å². The van der Waals surface area contributed by atoms with Crippen molar-refractivity contribution in [2.45, 2.75) is 0 Å². The highest BCUT2D eigenvalue weighted by molar-refractivity contribution is 5.92. The Morgan fingerprint density at radius 2 is 1.65 bits per heavy atom. The second-order valence-corrected chi connectivity index (χ2v) is 7.16. The summed E-state index contributed by atoms with van der Waals surface area (Å²) >= 11 is 0. The predicted molar refractivity (Wildman–Crippen MR) is 122 cm³/mol. The fourth-order valence-corrected chi connectivity index (χ4v) is 3.24. The zero-order chi connectivity index (χ0) is 24.4. The molecule has 0 bridgehead atoms. The second-order valence-electron chi connectivity index (χ2n) is 7.16. The van der Waals surface area contributed by atoms with E-state index in [0.29, 0.717) is 16.9 Å². The molecule has 9 nitrogen and oxygen atoms in total. The van der Waals surface area contributed by atoms with Crippen LogP contribution in [0.4, 0.5) is 0 Å². The molecule has 4 N–H and O–H groups in total. The highest BCUT2D eigenvalue weighted by Crippen LogP contribution is 2.36. The molecular formula is C25H18O9. The Hall–Kier alpha value is -4.92. The van der Waals surface area contributed by atoms with Gasteiger partial charge in [0.2, 0.25) is 11.2 Å². The van der Waals surface area contributed by atoms with Crippen molar-refractivity contribution in [2.75, 3.05) is 7.11 Å². The lowest BCUT2D eigenvalue weighted by Gasteiger charge is -2.11. The first-order valence-corrected chi connectivity index (χ1v) is 9.86. The minimum absolute atomic E-state index is 0.103. The monoisotopic (exact) mass is 462 g/mol. The van der Waals surface area contributed by atoms with Crippen molar-refractivity contribution in [1.29, 1.82) is 0 Å². The molecule has 3 aromatic carbocycles. The minimum atomic E-state index is -0.938. The number of hydrogen-bond donors (Lipinski definition) is 4. The van der Waals surface area contributed by atoms with Crippen LogP contribution in [0.3, 0.4) is 0 Å². The van der Waals surface area contributed by atoms with Gasteiger partial charge in [-0.25, -0.2) is 4.79 Å². The van der Waals surface area contributed by atoms with E-state index in [1.807, 2.05) is 0 Å². The van der Waals surface area contributed by atoms with Gasteiger partial charge in [0, 0.05) is 23.8 Å². The summed E-state index contributed by atoms with van der Waals surface area (Å²) in [6, 6.07) is 12.5. The van der Waals surface area contributed by atoms with Gasteiger partial charge in [0.1, 0.15) is 28.2 Å². The molecule has 0 spiro atoms. The van der Waals surface area contributed by atoms with Crippen LogP contribution in [0.5, 0.6) is 34.5 Å². The fraction of sp³-hybridized carbons (Fsp3) is 0.0400. The van der Waals surface area contributed by atoms with Crippen LogP contribution in [0.2, 0.25) is 0 Å². The van der Waals surface area contributed by atoms with E-state index in [1.165, 1.54) is 31.4 Å². The topological polar surface area (TPSA) is 147 Å². The quantitative estimate of drug-likeness (QED) is 0.197. The van der Waals surface area contributed by atoms with Crippen molar-refractivity contribution in [3.8, 4) is 45.8 Å². The van der Waals surface area contributed by atoms with Crippen molar-refractivity contribution in [2.24, 2.45) is 0 Å². The number of ether oxygens (including phenoxy) is 2. The van der Waals surface area contributed by atoms with Crippen LogP contribution in [-0.2, 0) is 4.79 Å². The molecule has 0 atom stereocenters. The van der Waals surface area contributed by atoms with Crippen molar-refractivity contribution in [1.82, 2.24) is 0 Å². The van der Waals surface area contributed by atoms with Gasteiger partial charge < -0.3 is 34.3 Å². The molecule has 4 aromatic rings. The number of carbonyl (C=O) groups excluding carboxylic acids is 1. The summed E-state index contributed by atoms with van der Waals surface area (Å²) in [6.07, 6.45) is 2.33. The molecule has 1 heterocycles. The number of phenolic OH excluding ortho intramolecular Hbond substituents is 4. The molecule has 1 aromatic heterocycles. The van der Waals surface area contributed by atoms with Gasteiger partial charge in [-0.3, -0.25) is 4.79 Å². The molecule has 0 saturated carbocycles. The number of carbonyl (C=O) groups is 1. The Morgan fingerprint density at radius 3 is 2.32 bits per heavy atom. The average Bonchev–Trinajstić information content (AvgIpc) is 2.81. The molecule has 172 valence electrons. The number of aromatic hydroxyl groups is 4. The third kappa shape index (κ3) is 4.35. The first kappa shape index (κ1) is 22.3. The second kappa shape index (κ2) is 8.91. The summed E-state index contributed by atoms with van der Waals surface area (Å²) in [5.74, 6) is -2.52. The fourth-order valence-electron chi connectivity index (χ4n) is 3.24. The highest BCUT2D eigenvalue weighted by Gasteiger charge is 2.22. The molecule has 0 unspecified atom stereocenters. The third-order valence-electron chi connectivity index (χ3n) is 4.88. The van der Waals surface area contributed by atoms with Crippen LogP contribution in [-0.4, -0.2) is 33.5 Å². The number of hydrogen-bond acceptors (Lipinski definition) is 9. The van der Waals surface area contributed by atoms with E-state index >= 15 is 0 Å². The Balaban J connectivity index is 1.79. The van der Waals surface area contributed by atoms with Gasteiger partial charge in [0.15, 0.2) is 17.3 Å². The third-order valence-corrected chi connectivity index (χ3v) is 4.88. The average molecular weight is 462 g/mol. The number of phenols is 4. The predicted octanol–water partition coefficient (Wildman–Crippen LogP) is 3.91. The number of esters is 1. The van der Waals surface area contributed by atoms with Gasteiger partial charge in [0.05, 0.1) is 7.11 Å². The number of benzene rings is 3. The van der Waals surface area contributed by atoms with E-state index in [2.05, 4.69) is 0 Å². The van der Waals surface area contributed by atoms with Gasteiger partial charge >= 0.3 is 5.97 Å². The van der Waals surface area contributed by atoms with Gasteiger partial charge in [-0.2, -0.15) is 0 Å². The van der Waals surface area contributed by atoms with Crippen LogP contribution < -0.4 is 14.9 Å². The van der Waals surface area contributed by atoms with Gasteiger partial charge in [0.25, 0.3) is 0 Å². The van der Waals surface area contributed by atoms with E-state index < -0.39 is 22.9 Å². The van der Waals surface area contributed by atoms with Gasteiger partial charge in [-0.15, -0.1) is 0 Å². The largest absolute Gasteiger partial charge is 0.508 e. The summed E-state index contributed by atoms with van der Waals surface area (Å²) < 4.78 is 16.2. The number of fused-ring (bicyclic) bond motifs is 1. The van der Waals surface area contributed by atoms with E-state index in [-0.39, 0.29) is 34.0 Å². The summed E-state index contributed by atoms with van der Waals surface area (Å²) in [6.45, 7) is 0. The zero-order valence-corrected chi connectivity index (χ0v) is 17.7. The summed E-state index contributed by atoms with van der Waals surface area (Å²) in [4.78, 5) is 25.7. The summed E-state index contributed by atoms with van der Waals surface area (Å²) in [5, 5.41) is 38.7. The SMILES string of the molecule is COc1ccc(-c2oc3cc(O)cc(O)c3c(=O)c2OC(=O)/C=C/c2ccc(O)c(O)c2)cc1. The molecule has 34 heavy (non-hydrogen) atoms. The molecule has 0 aliphatic rings. The molecule has 9 heteroatoms. The van der Waals surface area contributed by atoms with Crippen molar-refractivity contribution < 1.29 is 39.1 Å². The Labute approximate surface area is 192 Å². The van der Waals surface area contributed by atoms with Crippen LogP contribution in [0.15, 0.2) is 69.9 Å². The van der Waals surface area contributed by atoms with Crippen LogP contribution in [0.25, 0.3) is 28.4 Å². The lowest BCUT2D eigenvalue weighted by Crippen LogP contribution is -2.14. The molecular weight excluding hydrogens is 444 g/mol. The Kier molecular flexibility index (Phi) is 5.84. The maximum Gasteiger partial charge on any atom is 0.336 e. The lowest BCUT2D eigenvalue weighted by molar-refractivity contribution is -0.129. The zero-order valence-electron chi connectivity index (χ0n) is 17.7. The highest BCUT2D eigenvalue weighted by atomic mass is 16.5. The maximum absolute atomic E-state index is 13.2. The van der Waals surface area contributed by atoms with E-state index in [1.54, 1.807) is 24.3 Å². The van der Waals surface area contributed by atoms with Crippen molar-refractivity contribution in [3.63, 3.8) is 0 Å². The standard InChI is InChI=1S/C25H18O9/c1-32-16-6-4-14(5-7-16)24-25(23(31)22-19(29)11-15(26)12-20(22)33-24)34-21(30)9-3-13-2-8-17(27)18(28)10-13/h2-12,26-29H,1H3/b9-3+. The van der Waals surface area contributed by atoms with Crippen molar-refractivity contribution in [3.05, 3.63) is 76.5 Å². The molecule has 0 saturated heterocycles. The molecule has 0 fully saturated rings. The van der Waals surface area contributed by atoms with Crippen LogP contribution >= 0.6 is 0 Å². The molecule has 0 amide bonds. The van der Waals surface area contributed by atoms with Gasteiger partial charge in [-0.05, 0) is 48.0 Å². The molecule has 0 aliphatic carbocycles. The lowest BCUT2D eigenvalue weighted by atomic mass is 10.1. The number of methoxy groups -OCH3 is 1. The maximum atomic E-state index is 13.2. The van der Waals surface area contributed by atoms with Crippen LogP contribution in [0.1, 0.15) is 5.56 Å². The van der Waals surface area contributed by atoms with E-state index in [0.717, 1.165) is 18.2 Å². The first-order valence-electron chi connectivity index (χ1n) is 9.86. The van der Waals surface area contributed by atoms with Crippen LogP contribution in [0, 0.1) is 0 Å². The normalized spacial score (nSPS) is 11.1. The van der Waals surface area contributed by atoms with E-state index in [9.17, 15) is 30.0 Å². The molecule has 4 rings (SSSR count). The smallest absolute Gasteiger partial charge is 0.336 e. The van der Waals surface area contributed by atoms with Crippen molar-refractivity contribution >= 4 is 23.0 Å². The summed E-state index contributed by atoms with van der Waals surface area (Å²) in [5.41, 5.74) is -0.170.